The molecule has 1 aliphatic heterocycles. The van der Waals surface area contributed by atoms with Crippen molar-refractivity contribution < 1.29 is 4.74 Å². The Kier molecular flexibility index (Phi) is 4.85. The van der Waals surface area contributed by atoms with Crippen LogP contribution in [0.2, 0.25) is 19.6 Å². The van der Waals surface area contributed by atoms with Gasteiger partial charge in [0.1, 0.15) is 0 Å². The number of rotatable bonds is 4. The smallest absolute Gasteiger partial charge is 0.0682 e. The number of morpholine rings is 1. The Morgan fingerprint density at radius 3 is 2.43 bits per heavy atom. The highest BCUT2D eigenvalue weighted by molar-refractivity contribution is 6.80. The zero-order valence-electron chi connectivity index (χ0n) is 9.75. The highest BCUT2D eigenvalue weighted by atomic mass is 28.3. The normalized spacial score (nSPS) is 20.5. The van der Waals surface area contributed by atoms with Crippen LogP contribution in [0.3, 0.4) is 0 Å². The Morgan fingerprint density at radius 2 is 1.86 bits per heavy atom. The molecule has 0 aromatic heterocycles. The molecule has 1 rings (SSSR count). The molecule has 0 aromatic rings. The van der Waals surface area contributed by atoms with Crippen LogP contribution in [-0.2, 0) is 4.74 Å². The van der Waals surface area contributed by atoms with Crippen molar-refractivity contribution >= 4 is 8.07 Å². The monoisotopic (exact) mass is 213 g/mol. The van der Waals surface area contributed by atoms with Crippen molar-refractivity contribution in [2.24, 2.45) is 0 Å². The maximum atomic E-state index is 5.31. The van der Waals surface area contributed by atoms with Crippen LogP contribution in [0, 0.1) is 0 Å². The van der Waals surface area contributed by atoms with E-state index in [1.165, 1.54) is 13.0 Å². The summed E-state index contributed by atoms with van der Waals surface area (Å²) in [4.78, 5) is 2.48. The molecule has 0 aromatic carbocycles. The van der Waals surface area contributed by atoms with E-state index in [0.717, 1.165) is 26.3 Å². The van der Waals surface area contributed by atoms with Crippen molar-refractivity contribution in [1.29, 1.82) is 0 Å². The summed E-state index contributed by atoms with van der Waals surface area (Å²) in [5, 5.41) is 0. The first-order valence-corrected chi connectivity index (χ1v) is 9.13. The number of ether oxygens (including phenoxy) is 1. The minimum absolute atomic E-state index is 0.914. The second-order valence-corrected chi connectivity index (χ2v) is 10.1. The Hall–Kier alpha value is -0.123. The lowest BCUT2D eigenvalue weighted by molar-refractivity contribution is 0.0387. The van der Waals surface area contributed by atoms with Gasteiger partial charge in [0.05, 0.1) is 21.3 Å². The molecule has 2 nitrogen and oxygen atoms in total. The predicted octanol–water partition coefficient (Wildman–Crippen LogP) is 2.14. The summed E-state index contributed by atoms with van der Waals surface area (Å²) in [6, 6.07) is 0. The molecular formula is C11H23NOSi. The molecule has 0 N–H and O–H groups in total. The van der Waals surface area contributed by atoms with Crippen LogP contribution in [0.15, 0.2) is 11.8 Å². The minimum atomic E-state index is -0.968. The van der Waals surface area contributed by atoms with Gasteiger partial charge in [0.2, 0.25) is 0 Å². The number of hydrogen-bond donors (Lipinski definition) is 0. The molecule has 0 unspecified atom stereocenters. The average Bonchev–Trinajstić information content (AvgIpc) is 2.13. The van der Waals surface area contributed by atoms with Gasteiger partial charge in [-0.1, -0.05) is 31.4 Å². The van der Waals surface area contributed by atoms with Crippen molar-refractivity contribution in [2.45, 2.75) is 26.1 Å². The molecule has 0 radical (unpaired) electrons. The Balaban J connectivity index is 2.11. The molecule has 0 spiro atoms. The van der Waals surface area contributed by atoms with Gasteiger partial charge in [0.15, 0.2) is 0 Å². The van der Waals surface area contributed by atoms with Crippen LogP contribution in [0.5, 0.6) is 0 Å². The van der Waals surface area contributed by atoms with Gasteiger partial charge in [0.25, 0.3) is 0 Å². The lowest BCUT2D eigenvalue weighted by Gasteiger charge is -2.26. The van der Waals surface area contributed by atoms with E-state index in [2.05, 4.69) is 36.3 Å². The van der Waals surface area contributed by atoms with E-state index in [4.69, 9.17) is 4.74 Å². The van der Waals surface area contributed by atoms with Crippen LogP contribution in [0.25, 0.3) is 0 Å². The molecule has 14 heavy (non-hydrogen) atoms. The van der Waals surface area contributed by atoms with Gasteiger partial charge in [-0.25, -0.2) is 0 Å². The van der Waals surface area contributed by atoms with Crippen molar-refractivity contribution in [1.82, 2.24) is 4.90 Å². The summed E-state index contributed by atoms with van der Waals surface area (Å²) >= 11 is 0. The molecule has 1 fully saturated rings. The van der Waals surface area contributed by atoms with Crippen molar-refractivity contribution in [3.8, 4) is 0 Å². The summed E-state index contributed by atoms with van der Waals surface area (Å²) < 4.78 is 5.31. The molecule has 3 heteroatoms. The van der Waals surface area contributed by atoms with Gasteiger partial charge in [0, 0.05) is 19.6 Å². The lowest BCUT2D eigenvalue weighted by Crippen LogP contribution is -2.36. The molecule has 0 amide bonds. The summed E-state index contributed by atoms with van der Waals surface area (Å²) in [5.41, 5.74) is 2.44. The first-order valence-electron chi connectivity index (χ1n) is 5.56. The van der Waals surface area contributed by atoms with Crippen LogP contribution < -0.4 is 0 Å². The average molecular weight is 213 g/mol. The zero-order chi connectivity index (χ0) is 10.4. The second-order valence-electron chi connectivity index (χ2n) is 5.01. The third-order valence-electron chi connectivity index (χ3n) is 2.33. The van der Waals surface area contributed by atoms with Crippen LogP contribution in [0.4, 0.5) is 0 Å². The van der Waals surface area contributed by atoms with Gasteiger partial charge in [-0.3, -0.25) is 4.90 Å². The maximum absolute atomic E-state index is 5.31. The summed E-state index contributed by atoms with van der Waals surface area (Å²) in [5.74, 6) is 0. The third-order valence-corrected chi connectivity index (χ3v) is 3.57. The van der Waals surface area contributed by atoms with E-state index in [1.807, 2.05) is 0 Å². The van der Waals surface area contributed by atoms with Crippen molar-refractivity contribution in [3.05, 3.63) is 11.8 Å². The van der Waals surface area contributed by atoms with Crippen LogP contribution in [-0.4, -0.2) is 45.8 Å². The van der Waals surface area contributed by atoms with Gasteiger partial charge in [-0.2, -0.15) is 0 Å². The fourth-order valence-corrected chi connectivity index (χ4v) is 2.39. The molecule has 0 atom stereocenters. The molecule has 1 heterocycles. The van der Waals surface area contributed by atoms with Crippen LogP contribution >= 0.6 is 0 Å². The van der Waals surface area contributed by atoms with Crippen molar-refractivity contribution in [2.75, 3.05) is 32.8 Å². The quantitative estimate of drug-likeness (QED) is 0.664. The van der Waals surface area contributed by atoms with E-state index >= 15 is 0 Å². The third kappa shape index (κ3) is 5.57. The zero-order valence-corrected chi connectivity index (χ0v) is 10.8. The first kappa shape index (κ1) is 11.9. The molecule has 0 saturated carbocycles. The van der Waals surface area contributed by atoms with E-state index in [-0.39, 0.29) is 0 Å². The number of hydrogen-bond acceptors (Lipinski definition) is 2. The summed E-state index contributed by atoms with van der Waals surface area (Å²) in [6.45, 7) is 12.4. The summed E-state index contributed by atoms with van der Waals surface area (Å²) in [7, 11) is -0.968. The standard InChI is InChI=1S/C11H23NOSi/c1-14(2,3)11-5-4-6-12-7-9-13-10-8-12/h5,11H,4,6-10H2,1-3H3/b11-5+. The Labute approximate surface area is 88.9 Å². The first-order chi connectivity index (χ1) is 6.58. The fourth-order valence-electron chi connectivity index (χ4n) is 1.52. The molecule has 0 bridgehead atoms. The Morgan fingerprint density at radius 1 is 1.21 bits per heavy atom. The fraction of sp³-hybridized carbons (Fsp3) is 0.818. The van der Waals surface area contributed by atoms with E-state index in [1.54, 1.807) is 0 Å². The second kappa shape index (κ2) is 5.68. The highest BCUT2D eigenvalue weighted by Gasteiger charge is 2.09. The molecule has 82 valence electrons. The topological polar surface area (TPSA) is 12.5 Å². The lowest BCUT2D eigenvalue weighted by atomic mass is 10.3. The SMILES string of the molecule is C[Si](C)(C)/C=C/CCN1CCOCC1. The highest BCUT2D eigenvalue weighted by Crippen LogP contribution is 2.04. The Bertz CT molecular complexity index is 180. The van der Waals surface area contributed by atoms with Gasteiger partial charge in [-0.15, -0.1) is 0 Å². The van der Waals surface area contributed by atoms with E-state index < -0.39 is 8.07 Å². The van der Waals surface area contributed by atoms with Gasteiger partial charge >= 0.3 is 0 Å². The largest absolute Gasteiger partial charge is 0.379 e. The minimum Gasteiger partial charge on any atom is -0.379 e. The summed E-state index contributed by atoms with van der Waals surface area (Å²) in [6.07, 6.45) is 3.56. The van der Waals surface area contributed by atoms with Crippen LogP contribution in [0.1, 0.15) is 6.42 Å². The maximum Gasteiger partial charge on any atom is 0.0682 e. The molecule has 1 aliphatic rings. The predicted molar refractivity (Wildman–Crippen MR) is 64.4 cm³/mol. The van der Waals surface area contributed by atoms with E-state index in [0.29, 0.717) is 0 Å². The molecule has 0 aliphatic carbocycles. The molecular weight excluding hydrogens is 190 g/mol. The van der Waals surface area contributed by atoms with Gasteiger partial charge < -0.3 is 4.74 Å². The van der Waals surface area contributed by atoms with Gasteiger partial charge in [-0.05, 0) is 6.42 Å². The molecule has 1 saturated heterocycles. The van der Waals surface area contributed by atoms with E-state index in [9.17, 15) is 0 Å². The van der Waals surface area contributed by atoms with Crippen molar-refractivity contribution in [3.63, 3.8) is 0 Å². The number of nitrogens with zero attached hydrogens (tertiary/aromatic N) is 1.